The van der Waals surface area contributed by atoms with Crippen LogP contribution in [0.4, 0.5) is 0 Å². The first kappa shape index (κ1) is 22.2. The number of aldehydes is 1. The third-order valence-electron chi connectivity index (χ3n) is 4.33. The van der Waals surface area contributed by atoms with E-state index in [1.807, 2.05) is 31.3 Å². The third kappa shape index (κ3) is 4.87. The number of rotatable bonds is 6. The predicted octanol–water partition coefficient (Wildman–Crippen LogP) is -0.253. The molecule has 3 aromatic rings. The van der Waals surface area contributed by atoms with Crippen LogP contribution in [0.25, 0.3) is 21.8 Å². The molecule has 2 aromatic heterocycles. The molecular weight excluding hydrogens is 384 g/mol. The Bertz CT molecular complexity index is 1000. The lowest BCUT2D eigenvalue weighted by Gasteiger charge is -2.21. The molecule has 0 aliphatic carbocycles. The highest BCUT2D eigenvalue weighted by molar-refractivity contribution is 6.08. The van der Waals surface area contributed by atoms with E-state index in [4.69, 9.17) is 30.3 Å². The van der Waals surface area contributed by atoms with Crippen LogP contribution >= 0.6 is 0 Å². The number of H-pyrrole nitrogens is 1. The van der Waals surface area contributed by atoms with Crippen LogP contribution in [0.3, 0.4) is 0 Å². The molecule has 0 spiro atoms. The van der Waals surface area contributed by atoms with E-state index in [1.54, 1.807) is 7.11 Å². The van der Waals surface area contributed by atoms with E-state index in [1.165, 1.54) is 10.8 Å². The number of carbonyl (C=O) groups excluding carboxylic acids is 1. The Balaban J connectivity index is 0.000000213. The second-order valence-corrected chi connectivity index (χ2v) is 6.25. The number of pyridine rings is 1. The Morgan fingerprint density at radius 1 is 1.14 bits per heavy atom. The summed E-state index contributed by atoms with van der Waals surface area (Å²) in [5.41, 5.74) is 3.21. The lowest BCUT2D eigenvalue weighted by atomic mass is 10.0. The number of fused-ring (bicyclic) bond motifs is 3. The van der Waals surface area contributed by atoms with Crippen LogP contribution in [0.2, 0.25) is 0 Å². The van der Waals surface area contributed by atoms with Crippen LogP contribution in [0.5, 0.6) is 5.75 Å². The van der Waals surface area contributed by atoms with Crippen molar-refractivity contribution in [1.29, 1.82) is 0 Å². The van der Waals surface area contributed by atoms with Gasteiger partial charge in [0.25, 0.3) is 0 Å². The predicted molar refractivity (Wildman–Crippen MR) is 103 cm³/mol. The number of carboxylic acids is 1. The molecule has 3 rings (SSSR count). The molecule has 6 N–H and O–H groups in total. The smallest absolute Gasteiger partial charge is 0.335 e. The Morgan fingerprint density at radius 2 is 1.83 bits per heavy atom. The monoisotopic (exact) mass is 406 g/mol. The number of ether oxygens (including phenoxy) is 1. The van der Waals surface area contributed by atoms with Gasteiger partial charge < -0.3 is 40.0 Å². The minimum atomic E-state index is -2.25. The van der Waals surface area contributed by atoms with Gasteiger partial charge in [-0.05, 0) is 25.1 Å². The molecular formula is C19H22N2O8. The van der Waals surface area contributed by atoms with Crippen molar-refractivity contribution in [1.82, 2.24) is 9.97 Å². The Labute approximate surface area is 165 Å². The molecule has 0 aliphatic rings. The summed E-state index contributed by atoms with van der Waals surface area (Å²) < 4.78 is 5.21. The van der Waals surface area contributed by atoms with Gasteiger partial charge in [-0.3, -0.25) is 4.98 Å². The summed E-state index contributed by atoms with van der Waals surface area (Å²) in [5.74, 6) is -0.894. The number of aliphatic hydroxyl groups excluding tert-OH is 4. The van der Waals surface area contributed by atoms with Gasteiger partial charge in [-0.15, -0.1) is 0 Å². The zero-order valence-corrected chi connectivity index (χ0v) is 15.7. The molecule has 10 nitrogen and oxygen atoms in total. The lowest BCUT2D eigenvalue weighted by Crippen LogP contribution is -2.48. The summed E-state index contributed by atoms with van der Waals surface area (Å²) in [7, 11) is 1.68. The van der Waals surface area contributed by atoms with E-state index in [9.17, 15) is 9.59 Å². The number of aromatic amines is 1. The Morgan fingerprint density at radius 3 is 2.41 bits per heavy atom. The van der Waals surface area contributed by atoms with Gasteiger partial charge in [0.1, 0.15) is 24.1 Å². The van der Waals surface area contributed by atoms with E-state index >= 15 is 0 Å². The van der Waals surface area contributed by atoms with Crippen LogP contribution in [0.15, 0.2) is 30.5 Å². The second kappa shape index (κ2) is 9.43. The largest absolute Gasteiger partial charge is 0.497 e. The van der Waals surface area contributed by atoms with Crippen molar-refractivity contribution in [3.05, 3.63) is 36.2 Å². The Hall–Kier alpha value is -3.05. The van der Waals surface area contributed by atoms with Crippen molar-refractivity contribution in [2.24, 2.45) is 0 Å². The molecule has 156 valence electrons. The summed E-state index contributed by atoms with van der Waals surface area (Å²) in [6.45, 7) is 2.01. The number of nitrogens with zero attached hydrogens (tertiary/aromatic N) is 1. The molecule has 0 radical (unpaired) electrons. The number of benzene rings is 1. The van der Waals surface area contributed by atoms with Gasteiger partial charge >= 0.3 is 5.97 Å². The number of carbonyl (C=O) groups is 2. The fourth-order valence-corrected chi connectivity index (χ4v) is 2.69. The number of carboxylic acid groups (broad SMARTS) is 1. The zero-order valence-electron chi connectivity index (χ0n) is 15.7. The fourth-order valence-electron chi connectivity index (χ4n) is 2.69. The standard InChI is InChI=1S/C13H12N2O.C6H10O7/c1-8-13-11(5-6-14-8)10-4-3-9(16-2)7-12(10)15-13;7-1-2(8)3(9)4(10)5(11)6(12)13/h3-7,15H,1-2H3;1-5,8-11H,(H,12,13)/t;2-,3+,4+,5-/m.0/s1. The van der Waals surface area contributed by atoms with Crippen LogP contribution in [0, 0.1) is 6.92 Å². The van der Waals surface area contributed by atoms with Crippen molar-refractivity contribution >= 4 is 34.1 Å². The highest BCUT2D eigenvalue weighted by Gasteiger charge is 2.34. The first-order valence-corrected chi connectivity index (χ1v) is 8.52. The average molecular weight is 406 g/mol. The summed E-state index contributed by atoms with van der Waals surface area (Å²) >= 11 is 0. The van der Waals surface area contributed by atoms with Gasteiger partial charge in [-0.25, -0.2) is 4.79 Å². The summed E-state index contributed by atoms with van der Waals surface area (Å²) in [6, 6.07) is 8.10. The molecule has 2 heterocycles. The highest BCUT2D eigenvalue weighted by Crippen LogP contribution is 2.28. The number of hydrogen-bond donors (Lipinski definition) is 6. The van der Waals surface area contributed by atoms with Crippen LogP contribution < -0.4 is 4.74 Å². The quantitative estimate of drug-likeness (QED) is 0.302. The van der Waals surface area contributed by atoms with Crippen molar-refractivity contribution in [3.8, 4) is 5.75 Å². The third-order valence-corrected chi connectivity index (χ3v) is 4.33. The number of hydrogen-bond acceptors (Lipinski definition) is 8. The first-order chi connectivity index (χ1) is 13.7. The summed E-state index contributed by atoms with van der Waals surface area (Å²) in [4.78, 5) is 27.6. The number of nitrogens with one attached hydrogen (secondary N) is 1. The molecule has 0 unspecified atom stereocenters. The molecule has 0 bridgehead atoms. The van der Waals surface area contributed by atoms with E-state index in [-0.39, 0.29) is 6.29 Å². The van der Waals surface area contributed by atoms with Gasteiger partial charge in [0, 0.05) is 23.0 Å². The van der Waals surface area contributed by atoms with Crippen molar-refractivity contribution in [2.45, 2.75) is 31.3 Å². The summed E-state index contributed by atoms with van der Waals surface area (Å²) in [6.07, 6.45) is -6.55. The van der Waals surface area contributed by atoms with Crippen LogP contribution in [-0.4, -0.2) is 79.3 Å². The van der Waals surface area contributed by atoms with E-state index in [0.717, 1.165) is 22.5 Å². The van der Waals surface area contributed by atoms with Gasteiger partial charge in [-0.1, -0.05) is 0 Å². The molecule has 4 atom stereocenters. The van der Waals surface area contributed by atoms with E-state index in [0.29, 0.717) is 0 Å². The van der Waals surface area contributed by atoms with Gasteiger partial charge in [0.2, 0.25) is 0 Å². The second-order valence-electron chi connectivity index (χ2n) is 6.25. The first-order valence-electron chi connectivity index (χ1n) is 8.52. The van der Waals surface area contributed by atoms with Crippen molar-refractivity contribution in [2.75, 3.05) is 7.11 Å². The number of aliphatic hydroxyl groups is 4. The van der Waals surface area contributed by atoms with Gasteiger partial charge in [0.15, 0.2) is 12.4 Å². The number of aliphatic carboxylic acids is 1. The molecule has 0 saturated carbocycles. The molecule has 10 heteroatoms. The fraction of sp³-hybridized carbons (Fsp3) is 0.316. The van der Waals surface area contributed by atoms with Crippen LogP contribution in [0.1, 0.15) is 5.69 Å². The maximum Gasteiger partial charge on any atom is 0.335 e. The topological polar surface area (TPSA) is 173 Å². The highest BCUT2D eigenvalue weighted by atomic mass is 16.5. The molecule has 29 heavy (non-hydrogen) atoms. The van der Waals surface area contributed by atoms with Crippen molar-refractivity contribution < 1.29 is 39.9 Å². The molecule has 0 amide bonds. The van der Waals surface area contributed by atoms with E-state index < -0.39 is 30.4 Å². The maximum absolute atomic E-state index is 10.1. The van der Waals surface area contributed by atoms with Crippen molar-refractivity contribution in [3.63, 3.8) is 0 Å². The molecule has 1 aromatic carbocycles. The maximum atomic E-state index is 10.1. The SMILES string of the molecule is COc1ccc2c(c1)[nH]c1c(C)nccc12.O=C[C@H](O)[C@@H](O)[C@@H](O)[C@H](O)C(=O)O. The van der Waals surface area contributed by atoms with Gasteiger partial charge in [0.05, 0.1) is 23.8 Å². The minimum Gasteiger partial charge on any atom is -0.497 e. The molecule has 0 aliphatic heterocycles. The normalized spacial score (nSPS) is 15.1. The number of aromatic nitrogens is 2. The summed E-state index contributed by atoms with van der Waals surface area (Å²) in [5, 5.41) is 45.6. The van der Waals surface area contributed by atoms with Gasteiger partial charge in [-0.2, -0.15) is 0 Å². The number of aryl methyl sites for hydroxylation is 1. The molecule has 0 fully saturated rings. The van der Waals surface area contributed by atoms with E-state index in [2.05, 4.69) is 16.0 Å². The Kier molecular flexibility index (Phi) is 7.23. The number of methoxy groups -OCH3 is 1. The molecule has 0 saturated heterocycles. The minimum absolute atomic E-state index is 0.0809. The lowest BCUT2D eigenvalue weighted by molar-refractivity contribution is -0.163. The zero-order chi connectivity index (χ0) is 21.7. The average Bonchev–Trinajstić information content (AvgIpc) is 3.11. The van der Waals surface area contributed by atoms with Crippen LogP contribution in [-0.2, 0) is 9.59 Å².